The molecule has 11 heteroatoms. The molecule has 3 aromatic carbocycles. The summed E-state index contributed by atoms with van der Waals surface area (Å²) in [6.45, 7) is 4.07. The second-order valence-corrected chi connectivity index (χ2v) is 9.75. The van der Waals surface area contributed by atoms with Gasteiger partial charge in [-0.3, -0.25) is 4.57 Å². The minimum atomic E-state index is -1.11. The van der Waals surface area contributed by atoms with Crippen LogP contribution in [-0.2, 0) is 27.2 Å². The minimum Gasteiger partial charge on any atom is -0.472 e. The van der Waals surface area contributed by atoms with E-state index in [2.05, 4.69) is 0 Å². The summed E-state index contributed by atoms with van der Waals surface area (Å²) >= 11 is 6.78. The van der Waals surface area contributed by atoms with Gasteiger partial charge in [-0.2, -0.15) is 4.57 Å². The van der Waals surface area contributed by atoms with E-state index in [1.807, 2.05) is 13.0 Å². The van der Waals surface area contributed by atoms with Crippen molar-refractivity contribution in [3.05, 3.63) is 86.8 Å². The molecule has 214 valence electrons. The lowest BCUT2D eigenvalue weighted by atomic mass is 10.0. The largest absolute Gasteiger partial charge is 0.472 e. The van der Waals surface area contributed by atoms with Gasteiger partial charge in [0.1, 0.15) is 5.75 Å². The maximum absolute atomic E-state index is 13.4. The highest BCUT2D eigenvalue weighted by molar-refractivity contribution is 6.32. The quantitative estimate of drug-likeness (QED) is 0.239. The van der Waals surface area contributed by atoms with Crippen LogP contribution >= 0.6 is 11.6 Å². The number of esters is 1. The molecule has 0 saturated carbocycles. The fourth-order valence-electron chi connectivity index (χ4n) is 4.85. The van der Waals surface area contributed by atoms with E-state index in [0.29, 0.717) is 40.3 Å². The molecule has 0 amide bonds. The molecule has 0 saturated heterocycles. The summed E-state index contributed by atoms with van der Waals surface area (Å²) in [6.07, 6.45) is -0.486. The van der Waals surface area contributed by atoms with E-state index in [-0.39, 0.29) is 25.0 Å². The Morgan fingerprint density at radius 1 is 1.02 bits per heavy atom. The monoisotopic (exact) mass is 580 g/mol. The van der Waals surface area contributed by atoms with Gasteiger partial charge in [0.05, 0.1) is 36.3 Å². The van der Waals surface area contributed by atoms with Gasteiger partial charge in [-0.25, -0.2) is 14.4 Å². The molecule has 0 N–H and O–H groups in total. The predicted octanol–water partition coefficient (Wildman–Crippen LogP) is 5.48. The van der Waals surface area contributed by atoms with Crippen molar-refractivity contribution in [2.75, 3.05) is 20.5 Å². The van der Waals surface area contributed by atoms with Crippen LogP contribution in [0.3, 0.4) is 0 Å². The van der Waals surface area contributed by atoms with E-state index < -0.39 is 23.9 Å². The lowest BCUT2D eigenvalue weighted by Crippen LogP contribution is -2.30. The zero-order valence-electron chi connectivity index (χ0n) is 22.8. The average molecular weight is 581 g/mol. The zero-order chi connectivity index (χ0) is 29.1. The van der Waals surface area contributed by atoms with Crippen LogP contribution in [0.5, 0.6) is 17.2 Å². The van der Waals surface area contributed by atoms with E-state index in [0.717, 1.165) is 22.1 Å². The van der Waals surface area contributed by atoms with Gasteiger partial charge < -0.3 is 23.7 Å². The van der Waals surface area contributed by atoms with Crippen molar-refractivity contribution in [3.63, 3.8) is 0 Å². The van der Waals surface area contributed by atoms with Crippen molar-refractivity contribution in [2.45, 2.75) is 39.3 Å². The van der Waals surface area contributed by atoms with Crippen molar-refractivity contribution >= 4 is 34.7 Å². The number of para-hydroxylation sites is 2. The molecule has 0 fully saturated rings. The summed E-state index contributed by atoms with van der Waals surface area (Å²) in [5.41, 5.74) is 2.49. The Bertz CT molecular complexity index is 1680. The molecular weight excluding hydrogens is 552 g/mol. The molecule has 0 radical (unpaired) electrons. The van der Waals surface area contributed by atoms with Crippen molar-refractivity contribution in [2.24, 2.45) is 0 Å². The molecule has 10 nitrogen and oxygen atoms in total. The van der Waals surface area contributed by atoms with Crippen LogP contribution in [-0.4, -0.2) is 41.7 Å². The van der Waals surface area contributed by atoms with Crippen LogP contribution in [0.4, 0.5) is 4.79 Å². The normalized spacial score (nSPS) is 12.8. The van der Waals surface area contributed by atoms with Gasteiger partial charge in [-0.1, -0.05) is 49.2 Å². The second kappa shape index (κ2) is 12.0. The summed E-state index contributed by atoms with van der Waals surface area (Å²) in [5.74, 6) is 0.810. The van der Waals surface area contributed by atoms with Crippen LogP contribution < -0.4 is 19.9 Å². The number of hydrogen-bond donors (Lipinski definition) is 0. The maximum atomic E-state index is 13.4. The molecule has 5 rings (SSSR count). The van der Waals surface area contributed by atoms with Crippen molar-refractivity contribution in [1.82, 2.24) is 9.13 Å². The lowest BCUT2D eigenvalue weighted by molar-refractivity contribution is -0.149. The van der Waals surface area contributed by atoms with Gasteiger partial charge in [0.2, 0.25) is 12.9 Å². The van der Waals surface area contributed by atoms with Crippen LogP contribution in [0.2, 0.25) is 5.02 Å². The Morgan fingerprint density at radius 2 is 1.78 bits per heavy atom. The second-order valence-electron chi connectivity index (χ2n) is 9.34. The molecule has 2 heterocycles. The fraction of sp³-hybridized carbons (Fsp3) is 0.300. The number of carbonyl (C=O) groups excluding carboxylic acids is 2. The summed E-state index contributed by atoms with van der Waals surface area (Å²) in [5, 5.41) is 0.266. The molecule has 0 spiro atoms. The number of aryl methyl sites for hydroxylation is 1. The number of ether oxygens (including phenoxy) is 5. The Hall–Kier alpha value is -4.44. The Morgan fingerprint density at radius 3 is 2.51 bits per heavy atom. The van der Waals surface area contributed by atoms with E-state index in [4.69, 9.17) is 35.3 Å². The first-order valence-corrected chi connectivity index (χ1v) is 13.6. The van der Waals surface area contributed by atoms with Crippen molar-refractivity contribution in [3.8, 4) is 17.2 Å². The first kappa shape index (κ1) is 28.1. The molecule has 1 unspecified atom stereocenters. The van der Waals surface area contributed by atoms with Crippen molar-refractivity contribution in [1.29, 1.82) is 0 Å². The number of benzene rings is 3. The first-order chi connectivity index (χ1) is 19.9. The van der Waals surface area contributed by atoms with E-state index in [1.165, 1.54) is 11.7 Å². The summed E-state index contributed by atoms with van der Waals surface area (Å²) in [4.78, 5) is 38.8. The molecule has 0 bridgehead atoms. The van der Waals surface area contributed by atoms with Crippen LogP contribution in [0.15, 0.2) is 59.4 Å². The number of carbonyl (C=O) groups is 2. The molecule has 1 aromatic heterocycles. The van der Waals surface area contributed by atoms with Gasteiger partial charge in [0, 0.05) is 5.56 Å². The van der Waals surface area contributed by atoms with E-state index in [1.54, 1.807) is 55.5 Å². The van der Waals surface area contributed by atoms with E-state index >= 15 is 0 Å². The maximum Gasteiger partial charge on any atom is 0.422 e. The number of rotatable bonds is 9. The molecular formula is C30H29ClN2O8. The smallest absolute Gasteiger partial charge is 0.422 e. The lowest BCUT2D eigenvalue weighted by Gasteiger charge is -2.21. The summed E-state index contributed by atoms with van der Waals surface area (Å²) in [7, 11) is 1.29. The third-order valence-corrected chi connectivity index (χ3v) is 6.96. The summed E-state index contributed by atoms with van der Waals surface area (Å²) in [6, 6.07) is 15.7. The number of methoxy groups -OCH3 is 1. The highest BCUT2D eigenvalue weighted by atomic mass is 35.5. The van der Waals surface area contributed by atoms with Gasteiger partial charge in [-0.15, -0.1) is 0 Å². The topological polar surface area (TPSA) is 107 Å². The van der Waals surface area contributed by atoms with Crippen LogP contribution in [0, 0.1) is 0 Å². The molecule has 41 heavy (non-hydrogen) atoms. The highest BCUT2D eigenvalue weighted by Crippen LogP contribution is 2.39. The number of aromatic nitrogens is 2. The Kier molecular flexibility index (Phi) is 8.21. The van der Waals surface area contributed by atoms with Crippen LogP contribution in [0.25, 0.3) is 11.0 Å². The van der Waals surface area contributed by atoms with Crippen LogP contribution in [0.1, 0.15) is 43.1 Å². The third kappa shape index (κ3) is 5.47. The standard InChI is InChI=1S/C30H29ClN2O8/c1-4-8-19-13-18(16-32-22-9-6-7-10-23(22)33(29(32)35)30(36)38-5-2)14-21(31)26(19)41-27(28(34)37-3)20-11-12-24-25(15-20)40-17-39-24/h6-7,9-15,27H,4-5,8,16-17H2,1-3H3. The predicted molar refractivity (Wildman–Crippen MR) is 151 cm³/mol. The number of fused-ring (bicyclic) bond motifs is 2. The fourth-order valence-corrected chi connectivity index (χ4v) is 5.16. The molecule has 0 aliphatic carbocycles. The third-order valence-electron chi connectivity index (χ3n) is 6.68. The van der Waals surface area contributed by atoms with Gasteiger partial charge in [0.15, 0.2) is 11.5 Å². The molecule has 1 aliphatic heterocycles. The number of imidazole rings is 1. The summed E-state index contributed by atoms with van der Waals surface area (Å²) < 4.78 is 29.8. The SMILES string of the molecule is CCCc1cc(Cn2c(=O)n(C(=O)OCC)c3ccccc32)cc(Cl)c1OC(C(=O)OC)c1ccc2c(c1)OCO2. The van der Waals surface area contributed by atoms with Gasteiger partial charge >= 0.3 is 17.8 Å². The Balaban J connectivity index is 1.53. The zero-order valence-corrected chi connectivity index (χ0v) is 23.6. The molecule has 4 aromatic rings. The van der Waals surface area contributed by atoms with Gasteiger partial charge in [-0.05, 0) is 54.8 Å². The van der Waals surface area contributed by atoms with Gasteiger partial charge in [0.25, 0.3) is 0 Å². The molecule has 1 aliphatic rings. The first-order valence-electron chi connectivity index (χ1n) is 13.2. The number of nitrogens with zero attached hydrogens (tertiary/aromatic N) is 2. The van der Waals surface area contributed by atoms with Crippen molar-refractivity contribution < 1.29 is 33.3 Å². The Labute approximate surface area is 240 Å². The number of halogens is 1. The number of hydrogen-bond acceptors (Lipinski definition) is 8. The average Bonchev–Trinajstić information content (AvgIpc) is 3.54. The minimum absolute atomic E-state index is 0.0953. The highest BCUT2D eigenvalue weighted by Gasteiger charge is 2.28. The van der Waals surface area contributed by atoms with E-state index in [9.17, 15) is 14.4 Å². The molecule has 1 atom stereocenters.